The van der Waals surface area contributed by atoms with Crippen molar-refractivity contribution in [1.82, 2.24) is 5.32 Å². The van der Waals surface area contributed by atoms with Gasteiger partial charge in [0.05, 0.1) is 11.5 Å². The first-order chi connectivity index (χ1) is 12.4. The summed E-state index contributed by atoms with van der Waals surface area (Å²) < 4.78 is 11.7. The van der Waals surface area contributed by atoms with Crippen molar-refractivity contribution in [2.75, 3.05) is 13.2 Å². The van der Waals surface area contributed by atoms with E-state index in [1.807, 2.05) is 32.0 Å². The number of hydrogen-bond donors (Lipinski definition) is 1. The summed E-state index contributed by atoms with van der Waals surface area (Å²) in [6.45, 7) is 4.66. The molecule has 0 fully saturated rings. The highest BCUT2D eigenvalue weighted by Crippen LogP contribution is 2.41. The fourth-order valence-electron chi connectivity index (χ4n) is 2.86. The number of amides is 1. The minimum Gasteiger partial charge on any atom is -0.488 e. The second-order valence-electron chi connectivity index (χ2n) is 6.69. The number of nitrogens with one attached hydrogen (secondary N) is 1. The summed E-state index contributed by atoms with van der Waals surface area (Å²) in [6, 6.07) is 11.2. The standard InChI is InChI=1S/C19H20N2O5/c1-19(2)12-14-4-3-5-16(17(14)26-19)25-11-10-20-18(22)13-6-8-15(9-7-13)21(23)24/h3-9H,10-12H2,1-2H3,(H,20,22). The Morgan fingerprint density at radius 1 is 1.27 bits per heavy atom. The molecular formula is C19H20N2O5. The third-order valence-corrected chi connectivity index (χ3v) is 4.04. The SMILES string of the molecule is CC1(C)Cc2cccc(OCCNC(=O)c3ccc([N+](=O)[O-])cc3)c2O1. The zero-order valence-electron chi connectivity index (χ0n) is 14.7. The van der Waals surface area contributed by atoms with Crippen LogP contribution in [0.3, 0.4) is 0 Å². The Hall–Kier alpha value is -3.09. The number of carbonyl (C=O) groups excluding carboxylic acids is 1. The van der Waals surface area contributed by atoms with Gasteiger partial charge >= 0.3 is 0 Å². The molecule has 1 amide bonds. The average molecular weight is 356 g/mol. The van der Waals surface area contributed by atoms with Gasteiger partial charge in [-0.05, 0) is 32.0 Å². The average Bonchev–Trinajstić information content (AvgIpc) is 2.93. The van der Waals surface area contributed by atoms with E-state index in [1.54, 1.807) is 0 Å². The lowest BCUT2D eigenvalue weighted by Gasteiger charge is -2.18. The van der Waals surface area contributed by atoms with E-state index in [1.165, 1.54) is 24.3 Å². The van der Waals surface area contributed by atoms with Crippen LogP contribution in [0.2, 0.25) is 0 Å². The minimum absolute atomic E-state index is 0.0502. The van der Waals surface area contributed by atoms with E-state index in [9.17, 15) is 14.9 Å². The topological polar surface area (TPSA) is 90.7 Å². The van der Waals surface area contributed by atoms with E-state index >= 15 is 0 Å². The van der Waals surface area contributed by atoms with Crippen LogP contribution in [0, 0.1) is 10.1 Å². The van der Waals surface area contributed by atoms with Crippen LogP contribution in [-0.4, -0.2) is 29.6 Å². The number of nitro benzene ring substituents is 1. The van der Waals surface area contributed by atoms with Gasteiger partial charge in [-0.25, -0.2) is 0 Å². The van der Waals surface area contributed by atoms with E-state index in [2.05, 4.69) is 5.32 Å². The maximum Gasteiger partial charge on any atom is 0.269 e. The van der Waals surface area contributed by atoms with Crippen molar-refractivity contribution in [2.45, 2.75) is 25.9 Å². The predicted molar refractivity (Wildman–Crippen MR) is 95.8 cm³/mol. The van der Waals surface area contributed by atoms with Gasteiger partial charge in [0.25, 0.3) is 11.6 Å². The first-order valence-corrected chi connectivity index (χ1v) is 8.32. The maximum atomic E-state index is 12.0. The van der Waals surface area contributed by atoms with Crippen molar-refractivity contribution in [3.05, 3.63) is 63.7 Å². The van der Waals surface area contributed by atoms with Gasteiger partial charge < -0.3 is 14.8 Å². The van der Waals surface area contributed by atoms with Crippen molar-refractivity contribution in [3.8, 4) is 11.5 Å². The molecule has 2 aromatic rings. The molecule has 0 spiro atoms. The fraction of sp³-hybridized carbons (Fsp3) is 0.316. The van der Waals surface area contributed by atoms with Gasteiger partial charge in [-0.1, -0.05) is 12.1 Å². The molecule has 0 radical (unpaired) electrons. The van der Waals surface area contributed by atoms with Crippen LogP contribution >= 0.6 is 0 Å². The molecule has 1 heterocycles. The molecule has 7 heteroatoms. The quantitative estimate of drug-likeness (QED) is 0.488. The smallest absolute Gasteiger partial charge is 0.269 e. The molecule has 0 bridgehead atoms. The maximum absolute atomic E-state index is 12.0. The number of hydrogen-bond acceptors (Lipinski definition) is 5. The molecule has 0 aliphatic carbocycles. The molecule has 0 unspecified atom stereocenters. The molecule has 1 aliphatic rings. The molecule has 7 nitrogen and oxygen atoms in total. The van der Waals surface area contributed by atoms with Crippen LogP contribution in [-0.2, 0) is 6.42 Å². The number of fused-ring (bicyclic) bond motifs is 1. The molecule has 1 aliphatic heterocycles. The van der Waals surface area contributed by atoms with E-state index in [4.69, 9.17) is 9.47 Å². The predicted octanol–water partition coefficient (Wildman–Crippen LogP) is 3.12. The van der Waals surface area contributed by atoms with Crippen molar-refractivity contribution in [2.24, 2.45) is 0 Å². The van der Waals surface area contributed by atoms with Gasteiger partial charge in [0, 0.05) is 29.7 Å². The first kappa shape index (κ1) is 17.7. The highest BCUT2D eigenvalue weighted by Gasteiger charge is 2.32. The Balaban J connectivity index is 1.51. The molecule has 26 heavy (non-hydrogen) atoms. The van der Waals surface area contributed by atoms with Crippen molar-refractivity contribution in [3.63, 3.8) is 0 Å². The Morgan fingerprint density at radius 2 is 2.00 bits per heavy atom. The second kappa shape index (κ2) is 7.03. The van der Waals surface area contributed by atoms with Gasteiger partial charge in [-0.2, -0.15) is 0 Å². The van der Waals surface area contributed by atoms with Gasteiger partial charge in [0.2, 0.25) is 0 Å². The first-order valence-electron chi connectivity index (χ1n) is 8.32. The molecule has 136 valence electrons. The number of non-ortho nitro benzene ring substituents is 1. The molecule has 1 N–H and O–H groups in total. The monoisotopic (exact) mass is 356 g/mol. The Kier molecular flexibility index (Phi) is 4.79. The number of benzene rings is 2. The van der Waals surface area contributed by atoms with Crippen LogP contribution in [0.25, 0.3) is 0 Å². The summed E-state index contributed by atoms with van der Waals surface area (Å²) in [7, 11) is 0. The van der Waals surface area contributed by atoms with Crippen molar-refractivity contribution in [1.29, 1.82) is 0 Å². The van der Waals surface area contributed by atoms with Gasteiger partial charge in [-0.15, -0.1) is 0 Å². The molecular weight excluding hydrogens is 336 g/mol. The number of nitro groups is 1. The molecule has 3 rings (SSSR count). The van der Waals surface area contributed by atoms with Crippen molar-refractivity contribution >= 4 is 11.6 Å². The Bertz CT molecular complexity index is 830. The van der Waals surface area contributed by atoms with E-state index in [0.29, 0.717) is 24.5 Å². The third-order valence-electron chi connectivity index (χ3n) is 4.04. The summed E-state index contributed by atoms with van der Waals surface area (Å²) in [5.74, 6) is 1.12. The molecule has 0 atom stereocenters. The minimum atomic E-state index is -0.503. The van der Waals surface area contributed by atoms with Gasteiger partial charge in [-0.3, -0.25) is 14.9 Å². The van der Waals surface area contributed by atoms with E-state index in [-0.39, 0.29) is 17.2 Å². The summed E-state index contributed by atoms with van der Waals surface area (Å²) in [6.07, 6.45) is 0.830. The fourth-order valence-corrected chi connectivity index (χ4v) is 2.86. The number of carbonyl (C=O) groups is 1. The summed E-state index contributed by atoms with van der Waals surface area (Å²) >= 11 is 0. The van der Waals surface area contributed by atoms with Crippen LogP contribution in [0.4, 0.5) is 5.69 Å². The summed E-state index contributed by atoms with van der Waals surface area (Å²) in [5, 5.41) is 13.4. The summed E-state index contributed by atoms with van der Waals surface area (Å²) in [5.41, 5.74) is 1.18. The van der Waals surface area contributed by atoms with E-state index in [0.717, 1.165) is 17.7 Å². The van der Waals surface area contributed by atoms with Crippen molar-refractivity contribution < 1.29 is 19.2 Å². The zero-order valence-corrected chi connectivity index (χ0v) is 14.7. The number of ether oxygens (including phenoxy) is 2. The van der Waals surface area contributed by atoms with Crippen LogP contribution in [0.1, 0.15) is 29.8 Å². The number of rotatable bonds is 6. The zero-order chi connectivity index (χ0) is 18.7. The molecule has 0 aromatic heterocycles. The van der Waals surface area contributed by atoms with Gasteiger partial charge in [0.1, 0.15) is 12.2 Å². The Labute approximate surface area is 151 Å². The van der Waals surface area contributed by atoms with Crippen LogP contribution in [0.5, 0.6) is 11.5 Å². The number of para-hydroxylation sites is 1. The lowest BCUT2D eigenvalue weighted by Crippen LogP contribution is -2.28. The van der Waals surface area contributed by atoms with Crippen LogP contribution in [0.15, 0.2) is 42.5 Å². The third kappa shape index (κ3) is 3.93. The lowest BCUT2D eigenvalue weighted by atomic mass is 10.0. The normalized spacial score (nSPS) is 14.2. The largest absolute Gasteiger partial charge is 0.488 e. The van der Waals surface area contributed by atoms with Gasteiger partial charge in [0.15, 0.2) is 11.5 Å². The molecule has 2 aromatic carbocycles. The van der Waals surface area contributed by atoms with E-state index < -0.39 is 4.92 Å². The lowest BCUT2D eigenvalue weighted by molar-refractivity contribution is -0.384. The molecule has 0 saturated heterocycles. The van der Waals surface area contributed by atoms with Crippen LogP contribution < -0.4 is 14.8 Å². The number of nitrogens with zero attached hydrogens (tertiary/aromatic N) is 1. The Morgan fingerprint density at radius 3 is 2.69 bits per heavy atom. The molecule has 0 saturated carbocycles. The highest BCUT2D eigenvalue weighted by molar-refractivity contribution is 5.94. The summed E-state index contributed by atoms with van der Waals surface area (Å²) in [4.78, 5) is 22.2. The highest BCUT2D eigenvalue weighted by atomic mass is 16.6. The second-order valence-corrected chi connectivity index (χ2v) is 6.69.